The summed E-state index contributed by atoms with van der Waals surface area (Å²) >= 11 is 5.33. The van der Waals surface area contributed by atoms with E-state index < -0.39 is 16.6 Å². The number of halogens is 1. The number of hydrogen-bond donors (Lipinski definition) is 0. The van der Waals surface area contributed by atoms with E-state index in [4.69, 9.17) is 16.3 Å². The number of carbonyl (C=O) groups excluding carboxylic acids is 2. The van der Waals surface area contributed by atoms with Gasteiger partial charge in [-0.3, -0.25) is 9.59 Å². The van der Waals surface area contributed by atoms with Crippen molar-refractivity contribution in [3.63, 3.8) is 0 Å². The summed E-state index contributed by atoms with van der Waals surface area (Å²) in [6.45, 7) is 3.21. The van der Waals surface area contributed by atoms with E-state index in [1.54, 1.807) is 0 Å². The van der Waals surface area contributed by atoms with Crippen LogP contribution in [0.15, 0.2) is 30.3 Å². The van der Waals surface area contributed by atoms with Gasteiger partial charge in [0.25, 0.3) is 0 Å². The molecule has 1 rings (SSSR count). The second-order valence-electron chi connectivity index (χ2n) is 4.62. The van der Waals surface area contributed by atoms with Crippen LogP contribution in [-0.2, 0) is 20.7 Å². The Morgan fingerprint density at radius 2 is 1.83 bits per heavy atom. The lowest BCUT2D eigenvalue weighted by atomic mass is 9.96. The third-order valence-electron chi connectivity index (χ3n) is 2.69. The zero-order valence-electron chi connectivity index (χ0n) is 10.6. The van der Waals surface area contributed by atoms with Crippen LogP contribution in [-0.4, -0.2) is 17.8 Å². The Morgan fingerprint density at radius 3 is 2.39 bits per heavy atom. The van der Waals surface area contributed by atoms with Crippen molar-refractivity contribution in [3.8, 4) is 0 Å². The Morgan fingerprint density at radius 1 is 1.22 bits per heavy atom. The summed E-state index contributed by atoms with van der Waals surface area (Å²) in [4.78, 5) is 22.6. The minimum Gasteiger partial charge on any atom is -0.465 e. The van der Waals surface area contributed by atoms with Crippen LogP contribution in [0.25, 0.3) is 0 Å². The standard InChI is InChI=1S/C14H17ClO3/c1-14(2,12(15)16)13(17)18-10-6-9-11-7-4-3-5-8-11/h3-5,7-8H,6,9-10H2,1-2H3. The predicted octanol–water partition coefficient (Wildman–Crippen LogP) is 2.95. The molecule has 0 atom stereocenters. The smallest absolute Gasteiger partial charge is 0.320 e. The number of esters is 1. The van der Waals surface area contributed by atoms with Gasteiger partial charge in [-0.15, -0.1) is 0 Å². The molecular formula is C14H17ClO3. The predicted molar refractivity (Wildman–Crippen MR) is 70.4 cm³/mol. The molecule has 3 nitrogen and oxygen atoms in total. The first-order chi connectivity index (χ1) is 8.44. The van der Waals surface area contributed by atoms with Crippen molar-refractivity contribution in [1.29, 1.82) is 0 Å². The van der Waals surface area contributed by atoms with Crippen LogP contribution in [0.5, 0.6) is 0 Å². The summed E-state index contributed by atoms with van der Waals surface area (Å²) in [6, 6.07) is 9.94. The van der Waals surface area contributed by atoms with Gasteiger partial charge in [0.15, 0.2) is 0 Å². The second kappa shape index (κ2) is 6.55. The third-order valence-corrected chi connectivity index (χ3v) is 3.16. The maximum absolute atomic E-state index is 11.6. The number of rotatable bonds is 6. The Hall–Kier alpha value is -1.35. The molecule has 0 spiro atoms. The van der Waals surface area contributed by atoms with Gasteiger partial charge in [0.2, 0.25) is 5.24 Å². The van der Waals surface area contributed by atoms with Crippen LogP contribution in [0, 0.1) is 5.41 Å². The van der Waals surface area contributed by atoms with E-state index in [1.165, 1.54) is 19.4 Å². The molecule has 1 aromatic carbocycles. The van der Waals surface area contributed by atoms with Gasteiger partial charge < -0.3 is 4.74 Å². The van der Waals surface area contributed by atoms with Crippen molar-refractivity contribution in [3.05, 3.63) is 35.9 Å². The molecular weight excluding hydrogens is 252 g/mol. The van der Waals surface area contributed by atoms with E-state index in [-0.39, 0.29) is 0 Å². The molecule has 0 radical (unpaired) electrons. The fourth-order valence-electron chi connectivity index (χ4n) is 1.35. The Kier molecular flexibility index (Phi) is 5.35. The van der Waals surface area contributed by atoms with Crippen LogP contribution < -0.4 is 0 Å². The maximum atomic E-state index is 11.6. The van der Waals surface area contributed by atoms with Crippen LogP contribution in [0.3, 0.4) is 0 Å². The summed E-state index contributed by atoms with van der Waals surface area (Å²) in [5, 5.41) is -0.699. The van der Waals surface area contributed by atoms with Crippen LogP contribution in [0.1, 0.15) is 25.8 Å². The number of benzene rings is 1. The maximum Gasteiger partial charge on any atom is 0.320 e. The third kappa shape index (κ3) is 4.15. The van der Waals surface area contributed by atoms with E-state index in [0.29, 0.717) is 6.61 Å². The molecule has 0 amide bonds. The highest BCUT2D eigenvalue weighted by atomic mass is 35.5. The van der Waals surface area contributed by atoms with Crippen molar-refractivity contribution in [2.24, 2.45) is 5.41 Å². The average molecular weight is 269 g/mol. The number of hydrogen-bond acceptors (Lipinski definition) is 3. The topological polar surface area (TPSA) is 43.4 Å². The molecule has 0 aliphatic rings. The minimum atomic E-state index is -1.27. The molecule has 1 aromatic rings. The van der Waals surface area contributed by atoms with Crippen LogP contribution in [0.2, 0.25) is 0 Å². The Bertz CT molecular complexity index is 412. The van der Waals surface area contributed by atoms with E-state index in [1.807, 2.05) is 30.3 Å². The largest absolute Gasteiger partial charge is 0.465 e. The summed E-state index contributed by atoms with van der Waals surface area (Å²) < 4.78 is 5.05. The van der Waals surface area contributed by atoms with E-state index >= 15 is 0 Å². The highest BCUT2D eigenvalue weighted by Gasteiger charge is 2.36. The lowest BCUT2D eigenvalue weighted by molar-refractivity contribution is -0.156. The zero-order valence-corrected chi connectivity index (χ0v) is 11.4. The fraction of sp³-hybridized carbons (Fsp3) is 0.429. The molecule has 0 aliphatic carbocycles. The monoisotopic (exact) mass is 268 g/mol. The van der Waals surface area contributed by atoms with E-state index in [0.717, 1.165) is 12.8 Å². The van der Waals surface area contributed by atoms with E-state index in [9.17, 15) is 9.59 Å². The second-order valence-corrected chi connectivity index (χ2v) is 4.97. The fourth-order valence-corrected chi connectivity index (χ4v) is 1.42. The summed E-state index contributed by atoms with van der Waals surface area (Å²) in [5.41, 5.74) is -0.0740. The number of aryl methyl sites for hydroxylation is 1. The van der Waals surface area contributed by atoms with Crippen LogP contribution >= 0.6 is 11.6 Å². The molecule has 0 aromatic heterocycles. The van der Waals surface area contributed by atoms with Gasteiger partial charge in [0.05, 0.1) is 6.61 Å². The highest BCUT2D eigenvalue weighted by Crippen LogP contribution is 2.21. The molecule has 18 heavy (non-hydrogen) atoms. The zero-order chi connectivity index (χ0) is 13.6. The average Bonchev–Trinajstić information content (AvgIpc) is 2.35. The molecule has 0 unspecified atom stereocenters. The first-order valence-corrected chi connectivity index (χ1v) is 6.23. The van der Waals surface area contributed by atoms with Crippen molar-refractivity contribution in [2.75, 3.05) is 6.61 Å². The molecule has 0 saturated carbocycles. The summed E-state index contributed by atoms with van der Waals surface area (Å²) in [7, 11) is 0. The van der Waals surface area contributed by atoms with Gasteiger partial charge in [-0.25, -0.2) is 0 Å². The van der Waals surface area contributed by atoms with Gasteiger partial charge in [-0.2, -0.15) is 0 Å². The van der Waals surface area contributed by atoms with Crippen molar-refractivity contribution in [2.45, 2.75) is 26.7 Å². The van der Waals surface area contributed by atoms with Gasteiger partial charge in [0.1, 0.15) is 5.41 Å². The molecule has 0 aliphatic heterocycles. The van der Waals surface area contributed by atoms with Crippen molar-refractivity contribution < 1.29 is 14.3 Å². The quantitative estimate of drug-likeness (QED) is 0.345. The first-order valence-electron chi connectivity index (χ1n) is 5.85. The lowest BCUT2D eigenvalue weighted by Crippen LogP contribution is -2.32. The molecule has 0 fully saturated rings. The SMILES string of the molecule is CC(C)(C(=O)Cl)C(=O)OCCCc1ccccc1. The Balaban J connectivity index is 2.31. The number of carbonyl (C=O) groups is 2. The normalized spacial score (nSPS) is 11.1. The minimum absolute atomic E-state index is 0.293. The molecule has 4 heteroatoms. The molecule has 98 valence electrons. The van der Waals surface area contributed by atoms with Crippen molar-refractivity contribution >= 4 is 22.8 Å². The van der Waals surface area contributed by atoms with Crippen LogP contribution in [0.4, 0.5) is 0 Å². The lowest BCUT2D eigenvalue weighted by Gasteiger charge is -2.17. The molecule has 0 saturated heterocycles. The highest BCUT2D eigenvalue weighted by molar-refractivity contribution is 6.66. The first kappa shape index (κ1) is 14.7. The van der Waals surface area contributed by atoms with Crippen molar-refractivity contribution in [1.82, 2.24) is 0 Å². The molecule has 0 bridgehead atoms. The van der Waals surface area contributed by atoms with Gasteiger partial charge >= 0.3 is 5.97 Å². The summed E-state index contributed by atoms with van der Waals surface area (Å²) in [6.07, 6.45) is 1.56. The number of ether oxygens (including phenoxy) is 1. The molecule has 0 heterocycles. The van der Waals surface area contributed by atoms with Gasteiger partial charge in [-0.1, -0.05) is 30.3 Å². The molecule has 0 N–H and O–H groups in total. The van der Waals surface area contributed by atoms with Gasteiger partial charge in [0, 0.05) is 0 Å². The van der Waals surface area contributed by atoms with E-state index in [2.05, 4.69) is 0 Å². The van der Waals surface area contributed by atoms with Gasteiger partial charge in [-0.05, 0) is 43.9 Å². The summed E-state index contributed by atoms with van der Waals surface area (Å²) in [5.74, 6) is -0.574. The Labute approximate surface area is 112 Å².